The van der Waals surface area contributed by atoms with E-state index >= 15 is 4.57 Å². The van der Waals surface area contributed by atoms with E-state index in [0.29, 0.717) is 11.1 Å². The number of amides is 2. The highest BCUT2D eigenvalue weighted by molar-refractivity contribution is 7.48. The van der Waals surface area contributed by atoms with Gasteiger partial charge < -0.3 is 34.1 Å². The molecule has 2 aromatic carbocycles. The Bertz CT molecular complexity index is 3540. The summed E-state index contributed by atoms with van der Waals surface area (Å²) in [7, 11) is -15.6. The first-order valence-electron chi connectivity index (χ1n) is 27.6. The lowest BCUT2D eigenvalue weighted by Crippen LogP contribution is -2.49. The number of imidazole rings is 2. The average Bonchev–Trinajstić information content (AvgIpc) is 1.66. The number of phosphoric ester groups is 2. The SMILES string of the molecule is C=CCOP(=O)(OCCC#N)OC1C(COP(=O)(OCCC#N)OC2C(CO)OC(n3cnc4c(NC(=O)c5ccccc5)ncnc43)C2O[Si](C)(C)C(C)(C)C)OC(n2cnc3c(NC(=O)c4ccccc4)ncnc32)C1O[Si](C)(C)C(C)(C)C. The number of nitrogens with zero attached hydrogens (tertiary/aromatic N) is 10. The number of anilines is 2. The molecule has 3 N–H and O–H groups in total. The van der Waals surface area contributed by atoms with E-state index in [-0.39, 0.29) is 60.0 Å². The molecule has 2 fully saturated rings. The third-order valence-corrected chi connectivity index (χ3v) is 27.1. The maximum atomic E-state index is 15.7. The second kappa shape index (κ2) is 27.4. The van der Waals surface area contributed by atoms with E-state index in [9.17, 15) is 29.8 Å². The van der Waals surface area contributed by atoms with Crippen molar-refractivity contribution in [1.82, 2.24) is 39.0 Å². The lowest BCUT2D eigenvalue weighted by molar-refractivity contribution is -0.0604. The lowest BCUT2D eigenvalue weighted by Gasteiger charge is -2.41. The number of hydrogen-bond donors (Lipinski definition) is 3. The highest BCUT2D eigenvalue weighted by atomic mass is 31.2. The molecule has 0 saturated carbocycles. The van der Waals surface area contributed by atoms with Crippen molar-refractivity contribution in [2.75, 3.05) is 43.7 Å². The molecule has 460 valence electrons. The predicted octanol–water partition coefficient (Wildman–Crippen LogP) is 9.81. The molecule has 6 aromatic rings. The van der Waals surface area contributed by atoms with Crippen LogP contribution in [0, 0.1) is 22.7 Å². The molecule has 8 rings (SSSR count). The number of aliphatic hydroxyl groups is 1. The third kappa shape index (κ3) is 15.0. The zero-order chi connectivity index (χ0) is 62.2. The summed E-state index contributed by atoms with van der Waals surface area (Å²) in [6.07, 6.45) is -4.60. The fraction of sp³-hybridized carbons (Fsp3) is 0.491. The van der Waals surface area contributed by atoms with Crippen molar-refractivity contribution in [3.05, 3.63) is 110 Å². The van der Waals surface area contributed by atoms with Gasteiger partial charge in [-0.15, -0.1) is 6.58 Å². The smallest absolute Gasteiger partial charge is 0.407 e. The van der Waals surface area contributed by atoms with Gasteiger partial charge in [0.1, 0.15) is 49.3 Å². The zero-order valence-corrected chi connectivity index (χ0v) is 53.3. The molecule has 0 spiro atoms. The minimum atomic E-state index is -5.05. The van der Waals surface area contributed by atoms with Crippen LogP contribution in [0.25, 0.3) is 22.3 Å². The number of phosphoric acid groups is 2. The van der Waals surface area contributed by atoms with E-state index in [1.54, 1.807) is 60.7 Å². The Hall–Kier alpha value is -6.35. The number of benzene rings is 2. The van der Waals surface area contributed by atoms with E-state index in [0.717, 1.165) is 0 Å². The van der Waals surface area contributed by atoms with Crippen LogP contribution in [-0.2, 0) is 54.6 Å². The molecule has 4 aromatic heterocycles. The molecule has 10 unspecified atom stereocenters. The number of aliphatic hydroxyl groups excluding tert-OH is 1. The zero-order valence-electron chi connectivity index (χ0n) is 49.5. The number of ether oxygens (including phenoxy) is 2. The first-order chi connectivity index (χ1) is 40.8. The van der Waals surface area contributed by atoms with Gasteiger partial charge in [0.25, 0.3) is 11.8 Å². The van der Waals surface area contributed by atoms with Crippen LogP contribution in [0.15, 0.2) is 98.6 Å². The Morgan fingerprint density at radius 1 is 0.651 bits per heavy atom. The van der Waals surface area contributed by atoms with Gasteiger partial charge in [0.2, 0.25) is 0 Å². The number of aromatic nitrogens is 8. The van der Waals surface area contributed by atoms with E-state index in [1.807, 2.05) is 79.9 Å². The molecule has 86 heavy (non-hydrogen) atoms. The van der Waals surface area contributed by atoms with E-state index in [1.165, 1.54) is 40.5 Å². The van der Waals surface area contributed by atoms with Gasteiger partial charge >= 0.3 is 15.6 Å². The number of nitriles is 2. The maximum absolute atomic E-state index is 15.7. The van der Waals surface area contributed by atoms with E-state index < -0.39 is 123 Å². The monoisotopic (exact) mass is 1260 g/mol. The summed E-state index contributed by atoms with van der Waals surface area (Å²) in [5, 5.41) is 35.0. The summed E-state index contributed by atoms with van der Waals surface area (Å²) < 4.78 is 98.2. The van der Waals surface area contributed by atoms with Crippen molar-refractivity contribution in [3.63, 3.8) is 0 Å². The Kier molecular flexibility index (Phi) is 20.9. The fourth-order valence-electron chi connectivity index (χ4n) is 8.69. The van der Waals surface area contributed by atoms with Crippen molar-refractivity contribution in [3.8, 4) is 12.1 Å². The number of carbonyl (C=O) groups excluding carboxylic acids is 2. The molecule has 6 heterocycles. The molecule has 0 radical (unpaired) electrons. The van der Waals surface area contributed by atoms with Crippen LogP contribution in [0.1, 0.15) is 87.6 Å². The first kappa shape index (κ1) is 65.6. The molecular weight excluding hydrogens is 1190 g/mol. The number of fused-ring (bicyclic) bond motifs is 2. The molecule has 2 amide bonds. The number of carbonyl (C=O) groups is 2. The summed E-state index contributed by atoms with van der Waals surface area (Å²) in [6, 6.07) is 20.9. The summed E-state index contributed by atoms with van der Waals surface area (Å²) >= 11 is 0. The molecule has 2 saturated heterocycles. The van der Waals surface area contributed by atoms with Crippen LogP contribution in [0.4, 0.5) is 11.6 Å². The minimum absolute atomic E-state index is 0.0673. The van der Waals surface area contributed by atoms with Crippen LogP contribution < -0.4 is 10.6 Å². The quantitative estimate of drug-likeness (QED) is 0.0187. The van der Waals surface area contributed by atoms with Gasteiger partial charge in [-0.1, -0.05) is 84.0 Å². The largest absolute Gasteiger partial charge is 0.475 e. The highest BCUT2D eigenvalue weighted by Crippen LogP contribution is 2.58. The van der Waals surface area contributed by atoms with Gasteiger partial charge in [0, 0.05) is 11.1 Å². The number of nitrogens with one attached hydrogen (secondary N) is 2. The van der Waals surface area contributed by atoms with Gasteiger partial charge in [-0.3, -0.25) is 45.9 Å². The molecule has 2 aliphatic heterocycles. The molecule has 2 aliphatic rings. The van der Waals surface area contributed by atoms with Gasteiger partial charge in [-0.25, -0.2) is 39.0 Å². The Morgan fingerprint density at radius 3 is 1.48 bits per heavy atom. The van der Waals surface area contributed by atoms with E-state index in [2.05, 4.69) is 47.1 Å². The van der Waals surface area contributed by atoms with Crippen LogP contribution >= 0.6 is 15.6 Å². The van der Waals surface area contributed by atoms with Gasteiger partial charge in [-0.05, 0) is 60.5 Å². The maximum Gasteiger partial charge on any atom is 0.475 e. The Labute approximate surface area is 500 Å². The van der Waals surface area contributed by atoms with Crippen molar-refractivity contribution >= 4 is 78.1 Å². The lowest BCUT2D eigenvalue weighted by atomic mass is 10.1. The predicted molar refractivity (Wildman–Crippen MR) is 318 cm³/mol. The third-order valence-electron chi connectivity index (χ3n) is 15.2. The average molecular weight is 1260 g/mol. The van der Waals surface area contributed by atoms with Crippen molar-refractivity contribution in [1.29, 1.82) is 10.5 Å². The fourth-order valence-corrected chi connectivity index (χ4v) is 14.0. The minimum Gasteiger partial charge on any atom is -0.407 e. The first-order valence-corrected chi connectivity index (χ1v) is 36.4. The Morgan fingerprint density at radius 2 is 1.07 bits per heavy atom. The van der Waals surface area contributed by atoms with Gasteiger partial charge in [0.05, 0.1) is 70.7 Å². The molecule has 31 heteroatoms. The molecular formula is C55H72N12O15P2Si2. The standard InChI is InChI=1S/C55H72N12O15P2Si2/c1-12-27-73-83(71,74-28-19-25-56)80-43-39(78-53(45(43)82-86(10,11)55(5,6)7)67-35-63-41-47(59-33-61-49(41)67)65-51(70)37-23-17-14-18-24-37)31-76-84(72,75-29-20-26-57)79-42-38(30-68)77-52(44(42)81-85(8,9)54(2,3)4)66-34-62-40-46(58-32-60-48(40)66)64-50(69)36-21-15-13-16-22-36/h12-18,21-24,32-35,38-39,42-45,52-53,68H,1,19-20,27-31H2,2-11H3,(H,58,60,64,69)(H,59,61,65,70). The van der Waals surface area contributed by atoms with Crippen LogP contribution in [-0.4, -0.2) is 142 Å². The summed E-state index contributed by atoms with van der Waals surface area (Å²) in [6.45, 7) is 21.0. The van der Waals surface area contributed by atoms with Gasteiger partial charge in [-0.2, -0.15) is 10.5 Å². The highest BCUT2D eigenvalue weighted by Gasteiger charge is 2.57. The van der Waals surface area contributed by atoms with Crippen molar-refractivity contribution < 1.29 is 69.3 Å². The van der Waals surface area contributed by atoms with E-state index in [4.69, 9.17) is 45.5 Å². The second-order valence-corrected chi connectivity index (χ2v) is 35.9. The summed E-state index contributed by atoms with van der Waals surface area (Å²) in [4.78, 5) is 53.7. The summed E-state index contributed by atoms with van der Waals surface area (Å²) in [5.74, 6) is -0.753. The van der Waals surface area contributed by atoms with Crippen molar-refractivity contribution in [2.24, 2.45) is 0 Å². The van der Waals surface area contributed by atoms with Crippen molar-refractivity contribution in [2.45, 2.75) is 140 Å². The van der Waals surface area contributed by atoms with Crippen LogP contribution in [0.3, 0.4) is 0 Å². The Balaban J connectivity index is 1.20. The summed E-state index contributed by atoms with van der Waals surface area (Å²) in [5.41, 5.74) is 1.43. The molecule has 10 atom stereocenters. The van der Waals surface area contributed by atoms with Gasteiger partial charge in [0.15, 0.2) is 63.1 Å². The molecule has 0 bridgehead atoms. The normalized spacial score (nSPS) is 22.4. The topological polar surface area (TPSA) is 340 Å². The number of hydrogen-bond acceptors (Lipinski definition) is 23. The molecule has 27 nitrogen and oxygen atoms in total. The van der Waals surface area contributed by atoms with Crippen LogP contribution in [0.5, 0.6) is 0 Å². The molecule has 0 aliphatic carbocycles. The van der Waals surface area contributed by atoms with Crippen LogP contribution in [0.2, 0.25) is 36.3 Å². The second-order valence-electron chi connectivity index (χ2n) is 23.1. The number of rotatable bonds is 27.